The summed E-state index contributed by atoms with van der Waals surface area (Å²) in [5.74, 6) is 1.75. The van der Waals surface area contributed by atoms with Crippen molar-refractivity contribution < 1.29 is 9.47 Å². The highest BCUT2D eigenvalue weighted by molar-refractivity contribution is 6.08. The van der Waals surface area contributed by atoms with Crippen molar-refractivity contribution in [1.82, 2.24) is 4.98 Å². The van der Waals surface area contributed by atoms with Crippen LogP contribution in [0.5, 0.6) is 11.5 Å². The molecule has 2 aromatic carbocycles. The van der Waals surface area contributed by atoms with Crippen LogP contribution in [0.1, 0.15) is 31.5 Å². The van der Waals surface area contributed by atoms with Crippen molar-refractivity contribution in [3.05, 3.63) is 65.9 Å². The summed E-state index contributed by atoms with van der Waals surface area (Å²) < 4.78 is 11.1. The van der Waals surface area contributed by atoms with Gasteiger partial charge >= 0.3 is 0 Å². The summed E-state index contributed by atoms with van der Waals surface area (Å²) in [4.78, 5) is 3.55. The van der Waals surface area contributed by atoms with Gasteiger partial charge in [-0.1, -0.05) is 13.0 Å². The second-order valence-electron chi connectivity index (χ2n) is 6.59. The van der Waals surface area contributed by atoms with Crippen LogP contribution >= 0.6 is 0 Å². The summed E-state index contributed by atoms with van der Waals surface area (Å²) >= 11 is 0. The van der Waals surface area contributed by atoms with E-state index in [1.54, 1.807) is 7.11 Å². The Kier molecular flexibility index (Phi) is 4.63. The molecule has 0 radical (unpaired) electrons. The molecule has 0 bridgehead atoms. The summed E-state index contributed by atoms with van der Waals surface area (Å²) in [7, 11) is 1.68. The maximum Gasteiger partial charge on any atom is 0.121 e. The number of allylic oxidation sites excluding steroid dienone is 3. The van der Waals surface area contributed by atoms with Gasteiger partial charge in [0.15, 0.2) is 0 Å². The molecule has 1 aliphatic heterocycles. The standard InChI is InChI=1S/C23H24N2O2/c1-4-12-27-18-10-11-19-21(14-18)25-22-15(5-2)13-20(24-23(19)22)16-6-8-17(26-3)9-7-16/h5-11,13-14,24-25H,4,12H2,1-3H3. The van der Waals surface area contributed by atoms with Crippen molar-refractivity contribution in [2.45, 2.75) is 20.3 Å². The lowest BCUT2D eigenvalue weighted by molar-refractivity contribution is 0.318. The van der Waals surface area contributed by atoms with Crippen molar-refractivity contribution in [1.29, 1.82) is 0 Å². The molecule has 27 heavy (non-hydrogen) atoms. The van der Waals surface area contributed by atoms with Gasteiger partial charge in [0, 0.05) is 17.1 Å². The largest absolute Gasteiger partial charge is 0.497 e. The lowest BCUT2D eigenvalue weighted by atomic mass is 10.0. The number of nitrogens with one attached hydrogen (secondary N) is 2. The number of aromatic nitrogens is 1. The first-order chi connectivity index (χ1) is 13.2. The third-order valence-electron chi connectivity index (χ3n) is 4.80. The molecule has 2 N–H and O–H groups in total. The van der Waals surface area contributed by atoms with E-state index in [4.69, 9.17) is 9.47 Å². The molecule has 1 aromatic heterocycles. The molecule has 0 spiro atoms. The summed E-state index contributed by atoms with van der Waals surface area (Å²) in [5.41, 5.74) is 6.65. The number of benzene rings is 2. The van der Waals surface area contributed by atoms with Crippen LogP contribution in [0, 0.1) is 0 Å². The molecule has 4 nitrogen and oxygen atoms in total. The zero-order valence-corrected chi connectivity index (χ0v) is 15.9. The Morgan fingerprint density at radius 1 is 1.04 bits per heavy atom. The Labute approximate surface area is 159 Å². The lowest BCUT2D eigenvalue weighted by Gasteiger charge is -2.19. The molecule has 4 rings (SSSR count). The summed E-state index contributed by atoms with van der Waals surface area (Å²) in [6.07, 6.45) is 5.31. The van der Waals surface area contributed by atoms with Gasteiger partial charge in [0.05, 0.1) is 30.6 Å². The van der Waals surface area contributed by atoms with E-state index in [-0.39, 0.29) is 0 Å². The van der Waals surface area contributed by atoms with Crippen LogP contribution < -0.4 is 14.8 Å². The topological polar surface area (TPSA) is 46.3 Å². The van der Waals surface area contributed by atoms with Gasteiger partial charge in [0.1, 0.15) is 11.5 Å². The molecular formula is C23H24N2O2. The van der Waals surface area contributed by atoms with Crippen molar-refractivity contribution >= 4 is 27.9 Å². The normalized spacial score (nSPS) is 14.6. The van der Waals surface area contributed by atoms with Crippen LogP contribution in [0.15, 0.2) is 54.6 Å². The smallest absolute Gasteiger partial charge is 0.121 e. The predicted octanol–water partition coefficient (Wildman–Crippen LogP) is 5.84. The van der Waals surface area contributed by atoms with E-state index in [2.05, 4.69) is 60.6 Å². The highest BCUT2D eigenvalue weighted by Crippen LogP contribution is 2.40. The molecule has 4 heteroatoms. The number of ether oxygens (including phenoxy) is 2. The van der Waals surface area contributed by atoms with Crippen LogP contribution in [0.25, 0.3) is 22.2 Å². The second kappa shape index (κ2) is 7.23. The number of hydrogen-bond acceptors (Lipinski definition) is 3. The first-order valence-electron chi connectivity index (χ1n) is 9.32. The predicted molar refractivity (Wildman–Crippen MR) is 112 cm³/mol. The molecule has 0 unspecified atom stereocenters. The van der Waals surface area contributed by atoms with E-state index in [0.717, 1.165) is 58.1 Å². The quantitative estimate of drug-likeness (QED) is 0.601. The van der Waals surface area contributed by atoms with E-state index in [0.29, 0.717) is 0 Å². The highest BCUT2D eigenvalue weighted by atomic mass is 16.5. The van der Waals surface area contributed by atoms with Gasteiger partial charge < -0.3 is 19.8 Å². The maximum atomic E-state index is 5.78. The Balaban J connectivity index is 1.74. The summed E-state index contributed by atoms with van der Waals surface area (Å²) in [6.45, 7) is 4.90. The fourth-order valence-corrected chi connectivity index (χ4v) is 3.38. The van der Waals surface area contributed by atoms with Crippen LogP contribution in [0.3, 0.4) is 0 Å². The molecule has 0 atom stereocenters. The lowest BCUT2D eigenvalue weighted by Crippen LogP contribution is -2.06. The maximum absolute atomic E-state index is 5.78. The molecule has 1 aliphatic rings. The zero-order valence-electron chi connectivity index (χ0n) is 15.9. The summed E-state index contributed by atoms with van der Waals surface area (Å²) in [5, 5.41) is 4.77. The van der Waals surface area contributed by atoms with Crippen LogP contribution in [0.4, 0.5) is 5.69 Å². The van der Waals surface area contributed by atoms with E-state index in [9.17, 15) is 0 Å². The number of anilines is 1. The first kappa shape index (κ1) is 17.3. The van der Waals surface area contributed by atoms with Crippen LogP contribution in [-0.2, 0) is 0 Å². The summed E-state index contributed by atoms with van der Waals surface area (Å²) in [6, 6.07) is 14.3. The number of aromatic amines is 1. The number of fused-ring (bicyclic) bond motifs is 3. The third-order valence-corrected chi connectivity index (χ3v) is 4.80. The van der Waals surface area contributed by atoms with E-state index in [1.165, 1.54) is 5.57 Å². The highest BCUT2D eigenvalue weighted by Gasteiger charge is 2.20. The van der Waals surface area contributed by atoms with Crippen LogP contribution in [0.2, 0.25) is 0 Å². The monoisotopic (exact) mass is 360 g/mol. The molecule has 138 valence electrons. The average molecular weight is 360 g/mol. The fraction of sp³-hybridized carbons (Fsp3) is 0.217. The minimum Gasteiger partial charge on any atom is -0.497 e. The number of hydrogen-bond donors (Lipinski definition) is 2. The number of methoxy groups -OCH3 is 1. The van der Waals surface area contributed by atoms with E-state index in [1.807, 2.05) is 18.2 Å². The molecule has 0 saturated heterocycles. The van der Waals surface area contributed by atoms with E-state index >= 15 is 0 Å². The average Bonchev–Trinajstić information content (AvgIpc) is 3.09. The SMILES string of the molecule is CC=C1C=C(c2ccc(OC)cc2)Nc2c1[nH]c1cc(OCCC)ccc21. The molecule has 0 amide bonds. The van der Waals surface area contributed by atoms with Gasteiger partial charge in [-0.25, -0.2) is 0 Å². The molecule has 2 heterocycles. The second-order valence-corrected chi connectivity index (χ2v) is 6.59. The van der Waals surface area contributed by atoms with Gasteiger partial charge in [-0.05, 0) is 67.0 Å². The van der Waals surface area contributed by atoms with Gasteiger partial charge in [-0.3, -0.25) is 0 Å². The Bertz CT molecular complexity index is 1030. The number of H-pyrrole nitrogens is 1. The minimum absolute atomic E-state index is 0.730. The Hall–Kier alpha value is -3.14. The van der Waals surface area contributed by atoms with E-state index < -0.39 is 0 Å². The number of rotatable bonds is 5. The molecule has 0 saturated carbocycles. The van der Waals surface area contributed by atoms with Crippen molar-refractivity contribution in [3.63, 3.8) is 0 Å². The van der Waals surface area contributed by atoms with Gasteiger partial charge in [-0.15, -0.1) is 0 Å². The minimum atomic E-state index is 0.730. The van der Waals surface area contributed by atoms with Crippen molar-refractivity contribution in [2.75, 3.05) is 19.0 Å². The van der Waals surface area contributed by atoms with Crippen LogP contribution in [-0.4, -0.2) is 18.7 Å². The molecule has 0 fully saturated rings. The third kappa shape index (κ3) is 3.19. The van der Waals surface area contributed by atoms with Gasteiger partial charge in [-0.2, -0.15) is 0 Å². The molecule has 0 aliphatic carbocycles. The molecular weight excluding hydrogens is 336 g/mol. The van der Waals surface area contributed by atoms with Crippen molar-refractivity contribution in [3.8, 4) is 11.5 Å². The van der Waals surface area contributed by atoms with Crippen molar-refractivity contribution in [2.24, 2.45) is 0 Å². The Morgan fingerprint density at radius 3 is 2.52 bits per heavy atom. The zero-order chi connectivity index (χ0) is 18.8. The first-order valence-corrected chi connectivity index (χ1v) is 9.32. The van der Waals surface area contributed by atoms with Gasteiger partial charge in [0.25, 0.3) is 0 Å². The van der Waals surface area contributed by atoms with Gasteiger partial charge in [0.2, 0.25) is 0 Å². The molecule has 3 aromatic rings. The fourth-order valence-electron chi connectivity index (χ4n) is 3.38. The Morgan fingerprint density at radius 2 is 1.81 bits per heavy atom.